The fraction of sp³-hybridized carbons (Fsp3) is 0.444. The molecule has 2 aromatic carbocycles. The van der Waals surface area contributed by atoms with Crippen LogP contribution in [0.4, 0.5) is 20.2 Å². The molecule has 0 saturated carbocycles. The maximum absolute atomic E-state index is 15.0. The number of carbonyl (C=O) groups is 2. The molecule has 2 aromatic heterocycles. The quantitative estimate of drug-likeness (QED) is 0.312. The van der Waals surface area contributed by atoms with E-state index in [0.717, 1.165) is 38.3 Å². The molecule has 0 bridgehead atoms. The highest BCUT2D eigenvalue weighted by atomic mass is 19.1. The van der Waals surface area contributed by atoms with Gasteiger partial charge in [0.05, 0.1) is 33.9 Å². The van der Waals surface area contributed by atoms with Crippen LogP contribution >= 0.6 is 0 Å². The van der Waals surface area contributed by atoms with Crippen LogP contribution in [-0.2, 0) is 0 Å². The van der Waals surface area contributed by atoms with Crippen LogP contribution in [0.25, 0.3) is 21.8 Å². The predicted octanol–water partition coefficient (Wildman–Crippen LogP) is 2.26. The predicted molar refractivity (Wildman–Crippen MR) is 194 cm³/mol. The lowest BCUT2D eigenvalue weighted by Gasteiger charge is -2.37. The molecule has 6 heterocycles. The first-order valence-electron chi connectivity index (χ1n) is 17.2. The zero-order valence-electron chi connectivity index (χ0n) is 29.8. The average Bonchev–Trinajstić information content (AvgIpc) is 3.10. The number of carboxylic acid groups (broad SMARTS) is 2. The third-order valence-corrected chi connectivity index (χ3v) is 10.4. The van der Waals surface area contributed by atoms with Gasteiger partial charge in [-0.15, -0.1) is 0 Å². The highest BCUT2D eigenvalue weighted by Crippen LogP contribution is 2.43. The van der Waals surface area contributed by atoms with E-state index in [4.69, 9.17) is 9.47 Å². The Balaban J connectivity index is 0.000000178. The normalized spacial score (nSPS) is 19.9. The zero-order valence-corrected chi connectivity index (χ0v) is 29.8. The van der Waals surface area contributed by atoms with Crippen molar-refractivity contribution in [3.05, 3.63) is 67.7 Å². The van der Waals surface area contributed by atoms with Gasteiger partial charge in [0.1, 0.15) is 35.7 Å². The number of rotatable bonds is 4. The van der Waals surface area contributed by atoms with Crippen LogP contribution in [0.2, 0.25) is 0 Å². The smallest absolute Gasteiger partial charge is 0.341 e. The fourth-order valence-electron chi connectivity index (χ4n) is 7.38. The van der Waals surface area contributed by atoms with Gasteiger partial charge in [-0.25, -0.2) is 18.4 Å². The Labute approximate surface area is 302 Å². The van der Waals surface area contributed by atoms with Gasteiger partial charge in [0.25, 0.3) is 0 Å². The second-order valence-corrected chi connectivity index (χ2v) is 13.9. The van der Waals surface area contributed by atoms with Gasteiger partial charge >= 0.3 is 11.9 Å². The molecule has 17 heteroatoms. The lowest BCUT2D eigenvalue weighted by Crippen LogP contribution is -2.45. The average molecular weight is 741 g/mol. The van der Waals surface area contributed by atoms with Crippen molar-refractivity contribution in [2.75, 3.05) is 89.5 Å². The van der Waals surface area contributed by atoms with Gasteiger partial charge < -0.3 is 53.9 Å². The molecule has 8 rings (SSSR count). The van der Waals surface area contributed by atoms with Crippen molar-refractivity contribution in [2.24, 2.45) is 0 Å². The summed E-state index contributed by atoms with van der Waals surface area (Å²) in [5, 5.41) is 18.7. The van der Waals surface area contributed by atoms with Gasteiger partial charge in [-0.05, 0) is 40.1 Å². The Kier molecular flexibility index (Phi) is 10.1. The van der Waals surface area contributed by atoms with Gasteiger partial charge in [0, 0.05) is 64.8 Å². The molecule has 2 atom stereocenters. The minimum atomic E-state index is -1.32. The number of aromatic carboxylic acids is 2. The molecule has 4 aromatic rings. The van der Waals surface area contributed by atoms with Crippen LogP contribution < -0.4 is 30.1 Å². The van der Waals surface area contributed by atoms with Crippen LogP contribution in [0.5, 0.6) is 11.5 Å². The topological polar surface area (TPSA) is 182 Å². The van der Waals surface area contributed by atoms with Crippen molar-refractivity contribution in [1.82, 2.24) is 18.9 Å². The van der Waals surface area contributed by atoms with Gasteiger partial charge in [-0.2, -0.15) is 0 Å². The minimum Gasteiger partial charge on any atom is -0.487 e. The number of pyridine rings is 2. The van der Waals surface area contributed by atoms with E-state index in [0.29, 0.717) is 60.1 Å². The molecule has 53 heavy (non-hydrogen) atoms. The van der Waals surface area contributed by atoms with Crippen LogP contribution in [0.3, 0.4) is 0 Å². The highest BCUT2D eigenvalue weighted by Gasteiger charge is 2.33. The Morgan fingerprint density at radius 3 is 1.32 bits per heavy atom. The first-order chi connectivity index (χ1) is 24.8. The molecule has 0 aliphatic carbocycles. The summed E-state index contributed by atoms with van der Waals surface area (Å²) in [5.74, 6) is -3.09. The van der Waals surface area contributed by atoms with Crippen molar-refractivity contribution in [3.63, 3.8) is 0 Å². The number of aromatic nitrogens is 2. The number of hydrogen-bond donors (Lipinski definition) is 2. The summed E-state index contributed by atoms with van der Waals surface area (Å²) >= 11 is 0. The molecule has 4 N–H and O–H groups in total. The van der Waals surface area contributed by atoms with E-state index in [2.05, 4.69) is 9.80 Å². The Morgan fingerprint density at radius 1 is 0.660 bits per heavy atom. The maximum Gasteiger partial charge on any atom is 0.341 e. The van der Waals surface area contributed by atoms with Crippen molar-refractivity contribution in [3.8, 4) is 11.5 Å². The van der Waals surface area contributed by atoms with E-state index in [-0.39, 0.29) is 52.7 Å². The van der Waals surface area contributed by atoms with E-state index >= 15 is 0 Å². The van der Waals surface area contributed by atoms with Crippen LogP contribution in [-0.4, -0.2) is 126 Å². The van der Waals surface area contributed by atoms with Gasteiger partial charge in [-0.1, -0.05) is 0 Å². The second-order valence-electron chi connectivity index (χ2n) is 13.9. The Hall–Kier alpha value is -5.26. The number of anilines is 2. The van der Waals surface area contributed by atoms with Crippen molar-refractivity contribution < 1.29 is 43.5 Å². The van der Waals surface area contributed by atoms with E-state index in [9.17, 15) is 38.2 Å². The molecule has 0 spiro atoms. The number of halogens is 2. The van der Waals surface area contributed by atoms with Crippen molar-refractivity contribution >= 4 is 45.1 Å². The van der Waals surface area contributed by atoms with Crippen LogP contribution in [0.15, 0.2) is 34.1 Å². The molecule has 0 amide bonds. The summed E-state index contributed by atoms with van der Waals surface area (Å²) in [6.07, 6.45) is 2.69. The van der Waals surface area contributed by atoms with Gasteiger partial charge in [0.15, 0.2) is 23.1 Å². The molecule has 0 radical (unpaired) electrons. The zero-order chi connectivity index (χ0) is 37.2. The number of ether oxygens (including phenoxy) is 2. The van der Waals surface area contributed by atoms with Gasteiger partial charge in [-0.3, -0.25) is 9.59 Å². The summed E-state index contributed by atoms with van der Waals surface area (Å²) in [7, 11) is 4.03. The van der Waals surface area contributed by atoms with E-state index in [1.54, 1.807) is 9.13 Å². The maximum atomic E-state index is 15.0. The molecule has 284 valence electrons. The minimum absolute atomic E-state index is 0. The number of likely N-dealkylation sites (N-methyl/N-ethyl adjacent to an activating group) is 2. The van der Waals surface area contributed by atoms with E-state index < -0.39 is 34.4 Å². The number of piperazine rings is 2. The Morgan fingerprint density at radius 2 is 1.00 bits per heavy atom. The molecule has 2 fully saturated rings. The Bertz CT molecular complexity index is 2090. The van der Waals surface area contributed by atoms with E-state index in [1.807, 2.05) is 37.7 Å². The SMILES string of the molecule is CC1COc2c(N3CCN(C)CC3)c(F)cc3c(=O)c(C(=O)O)cn1c23.CC1COc2c(N3CCN(C)CC3)c(F)cc3c(=O)c(C(=O)O)cn1c23.O. The number of nitrogens with zero attached hydrogens (tertiary/aromatic N) is 6. The second kappa shape index (κ2) is 14.3. The summed E-state index contributed by atoms with van der Waals surface area (Å²) in [4.78, 5) is 56.2. The third kappa shape index (κ3) is 6.42. The lowest BCUT2D eigenvalue weighted by atomic mass is 10.1. The molecule has 4 aliphatic heterocycles. The number of benzene rings is 2. The first kappa shape index (κ1) is 37.5. The third-order valence-electron chi connectivity index (χ3n) is 10.4. The first-order valence-corrected chi connectivity index (χ1v) is 17.2. The summed E-state index contributed by atoms with van der Waals surface area (Å²) in [6.45, 7) is 10.2. The monoisotopic (exact) mass is 740 g/mol. The van der Waals surface area contributed by atoms with Crippen LogP contribution in [0, 0.1) is 11.6 Å². The molecule has 2 unspecified atom stereocenters. The lowest BCUT2D eigenvalue weighted by molar-refractivity contribution is 0.0683. The molecular formula is C36H42F2N6O9. The summed E-state index contributed by atoms with van der Waals surface area (Å²) in [5.41, 5.74) is -0.448. The van der Waals surface area contributed by atoms with Crippen LogP contribution in [0.1, 0.15) is 46.6 Å². The summed E-state index contributed by atoms with van der Waals surface area (Å²) < 4.78 is 45.1. The molecule has 15 nitrogen and oxygen atoms in total. The van der Waals surface area contributed by atoms with Crippen molar-refractivity contribution in [1.29, 1.82) is 0 Å². The van der Waals surface area contributed by atoms with E-state index in [1.165, 1.54) is 12.4 Å². The highest BCUT2D eigenvalue weighted by molar-refractivity contribution is 5.98. The molecule has 2 saturated heterocycles. The molecule has 4 aliphatic rings. The number of hydrogen-bond acceptors (Lipinski definition) is 10. The largest absolute Gasteiger partial charge is 0.487 e. The standard InChI is InChI=1S/2C18H20FN3O4.H2O/c2*1-10-9-26-17-14-11(16(23)12(18(24)25)8-22(10)14)7-13(19)15(17)21-5-3-20(2)4-6-21;/h2*7-8,10H,3-6,9H2,1-2H3,(H,24,25);1H2. The number of carboxylic acids is 2. The molecular weight excluding hydrogens is 698 g/mol. The fourth-order valence-corrected chi connectivity index (χ4v) is 7.38. The summed E-state index contributed by atoms with van der Waals surface area (Å²) in [6, 6.07) is 1.99. The van der Waals surface area contributed by atoms with Gasteiger partial charge in [0.2, 0.25) is 10.9 Å². The van der Waals surface area contributed by atoms with Crippen molar-refractivity contribution in [2.45, 2.75) is 25.9 Å².